The Morgan fingerprint density at radius 1 is 1.30 bits per heavy atom. The van der Waals surface area contributed by atoms with Crippen molar-refractivity contribution < 1.29 is 4.79 Å². The van der Waals surface area contributed by atoms with Crippen LogP contribution in [0.4, 0.5) is 0 Å². The summed E-state index contributed by atoms with van der Waals surface area (Å²) in [6.07, 6.45) is 2.64. The van der Waals surface area contributed by atoms with Crippen molar-refractivity contribution in [2.75, 3.05) is 18.8 Å². The molecule has 1 amide bonds. The van der Waals surface area contributed by atoms with Gasteiger partial charge in [-0.3, -0.25) is 4.79 Å². The quantitative estimate of drug-likeness (QED) is 0.524. The lowest BCUT2D eigenvalue weighted by molar-refractivity contribution is -0.120. The summed E-state index contributed by atoms with van der Waals surface area (Å²) in [4.78, 5) is 11.6. The van der Waals surface area contributed by atoms with Crippen LogP contribution >= 0.6 is 35.8 Å². The molecule has 1 aromatic carbocycles. The van der Waals surface area contributed by atoms with E-state index in [1.807, 2.05) is 6.07 Å². The van der Waals surface area contributed by atoms with Gasteiger partial charge in [-0.15, -0.1) is 0 Å². The fraction of sp³-hybridized carbons (Fsp3) is 0.562. The van der Waals surface area contributed by atoms with Crippen LogP contribution in [0.5, 0.6) is 0 Å². The van der Waals surface area contributed by atoms with Crippen molar-refractivity contribution in [2.45, 2.75) is 39.3 Å². The Bertz CT molecular complexity index is 459. The van der Waals surface area contributed by atoms with E-state index in [1.54, 1.807) is 12.1 Å². The highest BCUT2D eigenvalue weighted by molar-refractivity contribution is 7.80. The number of rotatable bonds is 8. The Kier molecular flexibility index (Phi) is 13.7. The molecule has 0 radical (unpaired) electrons. The van der Waals surface area contributed by atoms with E-state index in [0.29, 0.717) is 28.9 Å². The van der Waals surface area contributed by atoms with Gasteiger partial charge in [-0.05, 0) is 11.6 Å². The van der Waals surface area contributed by atoms with Crippen LogP contribution in [-0.4, -0.2) is 30.8 Å². The molecule has 1 aromatic rings. The summed E-state index contributed by atoms with van der Waals surface area (Å²) in [5, 5.41) is 6.65. The third kappa shape index (κ3) is 10.8. The van der Waals surface area contributed by atoms with Gasteiger partial charge < -0.3 is 16.4 Å². The number of nitrogens with two attached hydrogens (primary N) is 1. The molecule has 0 aromatic heterocycles. The van der Waals surface area contributed by atoms with Gasteiger partial charge in [0.2, 0.25) is 5.91 Å². The summed E-state index contributed by atoms with van der Waals surface area (Å²) in [5.74, 6) is 0.453. The van der Waals surface area contributed by atoms with Gasteiger partial charge in [-0.1, -0.05) is 62.0 Å². The summed E-state index contributed by atoms with van der Waals surface area (Å²) in [6.45, 7) is 5.47. The lowest BCUT2D eigenvalue weighted by Crippen LogP contribution is -2.40. The first kappa shape index (κ1) is 22.5. The van der Waals surface area contributed by atoms with Crippen LogP contribution in [0.2, 0.25) is 10.0 Å². The minimum Gasteiger partial charge on any atom is -0.351 e. The third-order valence-corrected chi connectivity index (χ3v) is 4.26. The number of carbonyl (C=O) groups excluding carboxylic acids is 1. The van der Waals surface area contributed by atoms with Crippen LogP contribution in [0.15, 0.2) is 18.2 Å². The van der Waals surface area contributed by atoms with Crippen molar-refractivity contribution in [1.82, 2.24) is 10.6 Å². The fourth-order valence-corrected chi connectivity index (χ4v) is 1.89. The molecule has 1 unspecified atom stereocenters. The summed E-state index contributed by atoms with van der Waals surface area (Å²) < 4.78 is 0. The van der Waals surface area contributed by atoms with E-state index in [-0.39, 0.29) is 18.5 Å². The third-order valence-electron chi connectivity index (χ3n) is 2.93. The van der Waals surface area contributed by atoms with Crippen LogP contribution < -0.4 is 16.4 Å². The van der Waals surface area contributed by atoms with E-state index in [1.165, 1.54) is 12.8 Å². The zero-order chi connectivity index (χ0) is 17.7. The molecule has 1 rings (SSSR count). The highest BCUT2D eigenvalue weighted by Crippen LogP contribution is 2.25. The Balaban J connectivity index is 0.00000108. The molecule has 0 fully saturated rings. The number of amides is 1. The molecule has 0 saturated heterocycles. The zero-order valence-electron chi connectivity index (χ0n) is 13.7. The van der Waals surface area contributed by atoms with Gasteiger partial charge in [-0.2, -0.15) is 12.6 Å². The molecule has 4 N–H and O–H groups in total. The first-order chi connectivity index (χ1) is 11.0. The summed E-state index contributed by atoms with van der Waals surface area (Å²) in [6, 6.07) is 5.26. The second kappa shape index (κ2) is 13.9. The first-order valence-electron chi connectivity index (χ1n) is 7.72. The van der Waals surface area contributed by atoms with Gasteiger partial charge in [-0.25, -0.2) is 0 Å². The van der Waals surface area contributed by atoms with Gasteiger partial charge in [0.1, 0.15) is 0 Å². The minimum atomic E-state index is -0.123. The van der Waals surface area contributed by atoms with E-state index in [9.17, 15) is 4.79 Å². The summed E-state index contributed by atoms with van der Waals surface area (Å²) in [7, 11) is 0. The largest absolute Gasteiger partial charge is 0.351 e. The van der Waals surface area contributed by atoms with Gasteiger partial charge >= 0.3 is 0 Å². The molecule has 0 bridgehead atoms. The Hall–Kier alpha value is -0.460. The zero-order valence-corrected chi connectivity index (χ0v) is 16.1. The average molecular weight is 380 g/mol. The normalized spacial score (nSPS) is 11.4. The molecule has 7 heteroatoms. The maximum absolute atomic E-state index is 11.6. The Morgan fingerprint density at radius 2 is 1.96 bits per heavy atom. The molecule has 1 atom stereocenters. The highest BCUT2D eigenvalue weighted by atomic mass is 35.5. The number of benzene rings is 1. The van der Waals surface area contributed by atoms with E-state index in [4.69, 9.17) is 28.9 Å². The first-order valence-corrected chi connectivity index (χ1v) is 9.11. The van der Waals surface area contributed by atoms with E-state index < -0.39 is 0 Å². The lowest BCUT2D eigenvalue weighted by Gasteiger charge is -2.11. The molecule has 0 saturated carbocycles. The Labute approximate surface area is 154 Å². The number of hydrogen-bond acceptors (Lipinski definition) is 4. The van der Waals surface area contributed by atoms with Crippen molar-refractivity contribution in [3.05, 3.63) is 33.8 Å². The number of nitrogens with one attached hydrogen (secondary N) is 2. The maximum atomic E-state index is 11.6. The van der Waals surface area contributed by atoms with Gasteiger partial charge in [0.25, 0.3) is 0 Å². The molecule has 0 aliphatic heterocycles. The Morgan fingerprint density at radius 3 is 2.52 bits per heavy atom. The van der Waals surface area contributed by atoms with Crippen LogP contribution in [-0.2, 0) is 11.3 Å². The predicted molar refractivity (Wildman–Crippen MR) is 104 cm³/mol. The van der Waals surface area contributed by atoms with Crippen molar-refractivity contribution in [2.24, 2.45) is 5.73 Å². The molecule has 0 heterocycles. The smallest absolute Gasteiger partial charge is 0.234 e. The van der Waals surface area contributed by atoms with Crippen molar-refractivity contribution >= 4 is 41.7 Å². The molecule has 132 valence electrons. The second-order valence-corrected chi connectivity index (χ2v) is 6.21. The number of halogens is 2. The molecule has 23 heavy (non-hydrogen) atoms. The van der Waals surface area contributed by atoms with Crippen molar-refractivity contribution in [3.63, 3.8) is 0 Å². The van der Waals surface area contributed by atoms with E-state index >= 15 is 0 Å². The summed E-state index contributed by atoms with van der Waals surface area (Å²) in [5.41, 5.74) is 6.44. The van der Waals surface area contributed by atoms with Crippen LogP contribution in [0.25, 0.3) is 0 Å². The maximum Gasteiger partial charge on any atom is 0.234 e. The SMILES string of the molecule is CCCC.NC(CS)CNCC(=O)NCc1cccc(Cl)c1Cl. The topological polar surface area (TPSA) is 67.1 Å². The standard InChI is InChI=1S/C12H17Cl2N3OS.C4H10/c13-10-3-1-2-8(12(10)14)4-17-11(18)6-16-5-9(15)7-19;1-3-4-2/h1-3,9,16,19H,4-7,15H2,(H,17,18);3-4H2,1-2H3. The predicted octanol–water partition coefficient (Wildman–Crippen LogP) is 3.26. The highest BCUT2D eigenvalue weighted by Gasteiger charge is 2.07. The van der Waals surface area contributed by atoms with Gasteiger partial charge in [0, 0.05) is 24.9 Å². The van der Waals surface area contributed by atoms with Crippen molar-refractivity contribution in [3.8, 4) is 0 Å². The summed E-state index contributed by atoms with van der Waals surface area (Å²) >= 11 is 16.0. The lowest BCUT2D eigenvalue weighted by atomic mass is 10.2. The van der Waals surface area contributed by atoms with Crippen molar-refractivity contribution in [1.29, 1.82) is 0 Å². The molecular formula is C16H27Cl2N3OS. The molecule has 0 spiro atoms. The molecule has 0 aliphatic carbocycles. The van der Waals surface area contributed by atoms with E-state index in [0.717, 1.165) is 5.56 Å². The van der Waals surface area contributed by atoms with Crippen LogP contribution in [0.3, 0.4) is 0 Å². The number of thiol groups is 1. The number of unbranched alkanes of at least 4 members (excludes halogenated alkanes) is 1. The molecular weight excluding hydrogens is 353 g/mol. The minimum absolute atomic E-state index is 0.0569. The average Bonchev–Trinajstić information content (AvgIpc) is 2.56. The molecule has 4 nitrogen and oxygen atoms in total. The second-order valence-electron chi connectivity index (χ2n) is 5.06. The van der Waals surface area contributed by atoms with Gasteiger partial charge in [0.05, 0.1) is 16.6 Å². The van der Waals surface area contributed by atoms with E-state index in [2.05, 4.69) is 37.1 Å². The van der Waals surface area contributed by atoms with Crippen LogP contribution in [0, 0.1) is 0 Å². The number of carbonyl (C=O) groups is 1. The number of hydrogen-bond donors (Lipinski definition) is 4. The fourth-order valence-electron chi connectivity index (χ4n) is 1.38. The van der Waals surface area contributed by atoms with Crippen LogP contribution in [0.1, 0.15) is 32.3 Å². The monoisotopic (exact) mass is 379 g/mol. The molecule has 0 aliphatic rings. The van der Waals surface area contributed by atoms with Gasteiger partial charge in [0.15, 0.2) is 0 Å².